The summed E-state index contributed by atoms with van der Waals surface area (Å²) in [5.74, 6) is -0.912. The molecule has 0 radical (unpaired) electrons. The fraction of sp³-hybridized carbons (Fsp3) is 0.929. The second kappa shape index (κ2) is 12.2. The molecule has 0 aromatic heterocycles. The van der Waals surface area contributed by atoms with E-state index in [-0.39, 0.29) is 57.8 Å². The van der Waals surface area contributed by atoms with Crippen molar-refractivity contribution >= 4 is 5.97 Å². The first-order chi connectivity index (χ1) is 7.42. The summed E-state index contributed by atoms with van der Waals surface area (Å²) in [5, 5.41) is 10.2. The van der Waals surface area contributed by atoms with Gasteiger partial charge in [0.15, 0.2) is 0 Å². The van der Waals surface area contributed by atoms with Gasteiger partial charge in [-0.15, -0.1) is 0 Å². The molecule has 0 bridgehead atoms. The van der Waals surface area contributed by atoms with Gasteiger partial charge in [0.1, 0.15) is 0 Å². The molecular formula is C14H27KO2. The van der Waals surface area contributed by atoms with Crippen LogP contribution in [-0.2, 0) is 4.79 Å². The summed E-state index contributed by atoms with van der Waals surface area (Å²) in [6.45, 7) is 6.85. The largest absolute Gasteiger partial charge is 1.00 e. The zero-order valence-corrected chi connectivity index (χ0v) is 15.3. The van der Waals surface area contributed by atoms with Crippen LogP contribution in [0.1, 0.15) is 78.6 Å². The van der Waals surface area contributed by atoms with Crippen molar-refractivity contribution in [3.63, 3.8) is 0 Å². The number of hydrogen-bond acceptors (Lipinski definition) is 2. The van der Waals surface area contributed by atoms with E-state index in [1.54, 1.807) is 0 Å². The van der Waals surface area contributed by atoms with Gasteiger partial charge in [0, 0.05) is 5.97 Å². The van der Waals surface area contributed by atoms with Crippen LogP contribution in [0.3, 0.4) is 0 Å². The van der Waals surface area contributed by atoms with Crippen LogP contribution in [0.5, 0.6) is 0 Å². The summed E-state index contributed by atoms with van der Waals surface area (Å²) in [6, 6.07) is 0. The monoisotopic (exact) mass is 266 g/mol. The molecular weight excluding hydrogens is 239 g/mol. The zero-order chi connectivity index (χ0) is 12.4. The molecule has 0 atom stereocenters. The number of unbranched alkanes of at least 4 members (excludes halogenated alkanes) is 6. The molecule has 96 valence electrons. The molecule has 0 amide bonds. The first-order valence-electron chi connectivity index (χ1n) is 6.62. The van der Waals surface area contributed by atoms with E-state index in [0.717, 1.165) is 12.8 Å². The average Bonchev–Trinajstić information content (AvgIpc) is 2.13. The Morgan fingerprint density at radius 3 is 1.71 bits per heavy atom. The molecule has 0 aliphatic rings. The van der Waals surface area contributed by atoms with Crippen molar-refractivity contribution in [1.29, 1.82) is 0 Å². The van der Waals surface area contributed by atoms with Crippen molar-refractivity contribution < 1.29 is 61.3 Å². The number of carboxylic acid groups (broad SMARTS) is 1. The summed E-state index contributed by atoms with van der Waals surface area (Å²) in [5.41, 5.74) is 0.467. The molecule has 3 heteroatoms. The van der Waals surface area contributed by atoms with Crippen molar-refractivity contribution in [1.82, 2.24) is 0 Å². The Morgan fingerprint density at radius 2 is 1.29 bits per heavy atom. The number of carbonyl (C=O) groups excluding carboxylic acids is 1. The fourth-order valence-corrected chi connectivity index (χ4v) is 1.81. The third-order valence-corrected chi connectivity index (χ3v) is 2.81. The van der Waals surface area contributed by atoms with Gasteiger partial charge >= 0.3 is 51.4 Å². The molecule has 0 spiro atoms. The van der Waals surface area contributed by atoms with Crippen LogP contribution in [0, 0.1) is 5.41 Å². The Balaban J connectivity index is 0. The fourth-order valence-electron chi connectivity index (χ4n) is 1.81. The van der Waals surface area contributed by atoms with Crippen LogP contribution in [0.15, 0.2) is 0 Å². The quantitative estimate of drug-likeness (QED) is 0.445. The van der Waals surface area contributed by atoms with Gasteiger partial charge in [-0.25, -0.2) is 0 Å². The molecule has 2 nitrogen and oxygen atoms in total. The van der Waals surface area contributed by atoms with Gasteiger partial charge in [0.25, 0.3) is 0 Å². The molecule has 0 N–H and O–H groups in total. The Labute approximate surface area is 149 Å². The predicted molar refractivity (Wildman–Crippen MR) is 66.0 cm³/mol. The summed E-state index contributed by atoms with van der Waals surface area (Å²) < 4.78 is 0. The minimum atomic E-state index is -0.912. The third kappa shape index (κ3) is 19.6. The first-order valence-corrected chi connectivity index (χ1v) is 6.62. The molecule has 0 aliphatic carbocycles. The van der Waals surface area contributed by atoms with E-state index in [9.17, 15) is 9.90 Å². The zero-order valence-electron chi connectivity index (χ0n) is 12.2. The summed E-state index contributed by atoms with van der Waals surface area (Å²) in [6.07, 6.45) is 9.70. The van der Waals surface area contributed by atoms with Crippen molar-refractivity contribution in [2.24, 2.45) is 5.41 Å². The van der Waals surface area contributed by atoms with Crippen molar-refractivity contribution in [2.45, 2.75) is 78.6 Å². The Kier molecular flexibility index (Phi) is 14.6. The van der Waals surface area contributed by atoms with E-state index in [4.69, 9.17) is 0 Å². The van der Waals surface area contributed by atoms with Gasteiger partial charge in [0.2, 0.25) is 0 Å². The van der Waals surface area contributed by atoms with E-state index in [2.05, 4.69) is 20.8 Å². The van der Waals surface area contributed by atoms with Crippen LogP contribution in [0.25, 0.3) is 0 Å². The molecule has 0 fully saturated rings. The Morgan fingerprint density at radius 1 is 0.882 bits per heavy atom. The smallest absolute Gasteiger partial charge is 0.550 e. The summed E-state index contributed by atoms with van der Waals surface area (Å²) >= 11 is 0. The van der Waals surface area contributed by atoms with Gasteiger partial charge < -0.3 is 9.90 Å². The van der Waals surface area contributed by atoms with Crippen LogP contribution in [-0.4, -0.2) is 5.97 Å². The minimum absolute atomic E-state index is 0. The standard InChI is InChI=1S/C14H28O2.K/c1-14(2,3)12-10-8-6-4-5-7-9-11-13(15)16;/h4-12H2,1-3H3,(H,15,16);/q;+1/p-1. The third-order valence-electron chi connectivity index (χ3n) is 2.81. The van der Waals surface area contributed by atoms with E-state index >= 15 is 0 Å². The van der Waals surface area contributed by atoms with Crippen LogP contribution >= 0.6 is 0 Å². The normalized spacial score (nSPS) is 11.0. The van der Waals surface area contributed by atoms with E-state index in [1.165, 1.54) is 38.5 Å². The topological polar surface area (TPSA) is 40.1 Å². The second-order valence-corrected chi connectivity index (χ2v) is 5.91. The van der Waals surface area contributed by atoms with Gasteiger partial charge in [0.05, 0.1) is 0 Å². The van der Waals surface area contributed by atoms with Crippen LogP contribution < -0.4 is 56.5 Å². The number of hydrogen-bond donors (Lipinski definition) is 0. The molecule has 0 aliphatic heterocycles. The molecule has 0 saturated carbocycles. The Bertz CT molecular complexity index is 185. The van der Waals surface area contributed by atoms with E-state index in [0.29, 0.717) is 5.41 Å². The maximum absolute atomic E-state index is 10.2. The number of rotatable bonds is 9. The second-order valence-electron chi connectivity index (χ2n) is 5.91. The van der Waals surface area contributed by atoms with Crippen LogP contribution in [0.2, 0.25) is 0 Å². The van der Waals surface area contributed by atoms with Gasteiger partial charge in [-0.2, -0.15) is 0 Å². The minimum Gasteiger partial charge on any atom is -0.550 e. The molecule has 0 saturated heterocycles. The van der Waals surface area contributed by atoms with Crippen molar-refractivity contribution in [3.8, 4) is 0 Å². The van der Waals surface area contributed by atoms with Crippen molar-refractivity contribution in [3.05, 3.63) is 0 Å². The number of carboxylic acids is 1. The molecule has 17 heavy (non-hydrogen) atoms. The number of carbonyl (C=O) groups is 1. The maximum Gasteiger partial charge on any atom is 1.00 e. The van der Waals surface area contributed by atoms with E-state index < -0.39 is 5.97 Å². The molecule has 0 aromatic rings. The van der Waals surface area contributed by atoms with Crippen molar-refractivity contribution in [2.75, 3.05) is 0 Å². The molecule has 0 unspecified atom stereocenters. The van der Waals surface area contributed by atoms with Gasteiger partial charge in [-0.3, -0.25) is 0 Å². The Hall–Kier alpha value is 1.11. The average molecular weight is 266 g/mol. The maximum atomic E-state index is 10.2. The summed E-state index contributed by atoms with van der Waals surface area (Å²) in [7, 11) is 0. The van der Waals surface area contributed by atoms with Gasteiger partial charge in [-0.1, -0.05) is 59.3 Å². The first kappa shape index (κ1) is 20.4. The summed E-state index contributed by atoms with van der Waals surface area (Å²) in [4.78, 5) is 10.2. The van der Waals surface area contributed by atoms with Crippen LogP contribution in [0.4, 0.5) is 0 Å². The number of aliphatic carboxylic acids is 1. The van der Waals surface area contributed by atoms with E-state index in [1.807, 2.05) is 0 Å². The molecule has 0 rings (SSSR count). The molecule has 0 aromatic carbocycles. The molecule has 0 heterocycles. The SMILES string of the molecule is CC(C)(C)CCCCCCCCCC(=O)[O-].[K+]. The predicted octanol–water partition coefficient (Wildman–Crippen LogP) is 0.297. The van der Waals surface area contributed by atoms with Gasteiger partial charge in [-0.05, 0) is 24.7 Å².